The number of ether oxygens (including phenoxy) is 1. The van der Waals surface area contributed by atoms with Gasteiger partial charge < -0.3 is 15.2 Å². The summed E-state index contributed by atoms with van der Waals surface area (Å²) in [5.74, 6) is 0.235. The average Bonchev–Trinajstić information content (AvgIpc) is 3.03. The molecule has 8 nitrogen and oxygen atoms in total. The van der Waals surface area contributed by atoms with E-state index >= 15 is 0 Å². The van der Waals surface area contributed by atoms with E-state index in [1.165, 1.54) is 10.4 Å². The lowest BCUT2D eigenvalue weighted by atomic mass is 10.1. The molecule has 0 bridgehead atoms. The first-order chi connectivity index (χ1) is 14.9. The molecule has 0 spiro atoms. The van der Waals surface area contributed by atoms with Crippen LogP contribution in [-0.4, -0.2) is 39.4 Å². The lowest BCUT2D eigenvalue weighted by Gasteiger charge is -2.37. The third-order valence-corrected chi connectivity index (χ3v) is 6.24. The highest BCUT2D eigenvalue weighted by Gasteiger charge is 2.36. The molecule has 2 aromatic carbocycles. The second-order valence-corrected chi connectivity index (χ2v) is 8.91. The summed E-state index contributed by atoms with van der Waals surface area (Å²) in [5, 5.41) is 12.7. The molecule has 168 valence electrons. The molecule has 1 unspecified atom stereocenters. The Morgan fingerprint density at radius 2 is 2.06 bits per heavy atom. The number of hydrogen-bond acceptors (Lipinski definition) is 7. The Morgan fingerprint density at radius 3 is 2.74 bits per heavy atom. The second kappa shape index (κ2) is 10.7. The summed E-state index contributed by atoms with van der Waals surface area (Å²) in [6.45, 7) is 2.97. The fourth-order valence-electron chi connectivity index (χ4n) is 3.09. The third kappa shape index (κ3) is 6.46. The van der Waals surface area contributed by atoms with E-state index in [-0.39, 0.29) is 19.1 Å². The highest BCUT2D eigenvalue weighted by Crippen LogP contribution is 2.49. The summed E-state index contributed by atoms with van der Waals surface area (Å²) in [5.41, 5.74) is 2.11. The molecule has 1 amide bonds. The largest absolute Gasteiger partial charge is 0.487 e. The number of nitrogens with one attached hydrogen (secondary N) is 2. The van der Waals surface area contributed by atoms with Crippen molar-refractivity contribution in [2.24, 2.45) is 0 Å². The first-order valence-electron chi connectivity index (χ1n) is 10.2. The standard InChI is InChI=1S/C22H29N3O5S/c1-2-3-13-23-21(26)12-10-17-9-11-19(25-15-22(27)24-31(25,28)29)20(14-17)30-16-18-7-5-4-6-8-18/h4-12,14,22,24,27-29H,2-3,13,15-16H2,1H3,(H,23,26)/b12-10+. The Morgan fingerprint density at radius 1 is 1.29 bits per heavy atom. The normalized spacial score (nSPS) is 18.8. The van der Waals surface area contributed by atoms with Gasteiger partial charge in [0.05, 0.1) is 6.54 Å². The van der Waals surface area contributed by atoms with Crippen LogP contribution in [0.15, 0.2) is 54.6 Å². The van der Waals surface area contributed by atoms with Crippen molar-refractivity contribution in [3.63, 3.8) is 0 Å². The second-order valence-electron chi connectivity index (χ2n) is 7.19. The molecule has 0 aromatic heterocycles. The molecular weight excluding hydrogens is 418 g/mol. The summed E-state index contributed by atoms with van der Waals surface area (Å²) >= 11 is 0. The van der Waals surface area contributed by atoms with E-state index in [1.807, 2.05) is 30.3 Å². The van der Waals surface area contributed by atoms with Crippen LogP contribution in [0.1, 0.15) is 30.9 Å². The molecule has 1 saturated heterocycles. The van der Waals surface area contributed by atoms with Crippen molar-refractivity contribution < 1.29 is 23.7 Å². The topological polar surface area (TPSA) is 114 Å². The summed E-state index contributed by atoms with van der Waals surface area (Å²) in [6.07, 6.45) is 4.00. The predicted molar refractivity (Wildman–Crippen MR) is 124 cm³/mol. The number of aliphatic hydroxyl groups excluding tert-OH is 1. The van der Waals surface area contributed by atoms with Crippen LogP contribution in [0.2, 0.25) is 0 Å². The molecule has 0 aliphatic carbocycles. The number of carbonyl (C=O) groups is 1. The first-order valence-corrected chi connectivity index (χ1v) is 11.7. The van der Waals surface area contributed by atoms with E-state index in [9.17, 15) is 19.0 Å². The summed E-state index contributed by atoms with van der Waals surface area (Å²) < 4.78 is 30.3. The lowest BCUT2D eigenvalue weighted by molar-refractivity contribution is -0.116. The summed E-state index contributed by atoms with van der Waals surface area (Å²) in [6, 6.07) is 14.8. The number of anilines is 1. The van der Waals surface area contributed by atoms with E-state index in [2.05, 4.69) is 17.0 Å². The van der Waals surface area contributed by atoms with Gasteiger partial charge in [0, 0.05) is 12.6 Å². The number of rotatable bonds is 9. The van der Waals surface area contributed by atoms with Crippen molar-refractivity contribution in [3.8, 4) is 5.75 Å². The van der Waals surface area contributed by atoms with Crippen molar-refractivity contribution in [1.82, 2.24) is 10.0 Å². The number of hydrogen-bond donors (Lipinski definition) is 5. The Kier molecular flexibility index (Phi) is 7.94. The zero-order valence-electron chi connectivity index (χ0n) is 17.4. The lowest BCUT2D eigenvalue weighted by Crippen LogP contribution is -2.26. The monoisotopic (exact) mass is 447 g/mol. The van der Waals surface area contributed by atoms with Crippen LogP contribution in [0.3, 0.4) is 0 Å². The van der Waals surface area contributed by atoms with Crippen LogP contribution < -0.4 is 19.1 Å². The van der Waals surface area contributed by atoms with Crippen molar-refractivity contribution >= 4 is 28.6 Å². The van der Waals surface area contributed by atoms with Crippen LogP contribution in [-0.2, 0) is 11.4 Å². The Hall–Kier alpha value is -2.56. The van der Waals surface area contributed by atoms with Gasteiger partial charge in [0.2, 0.25) is 5.91 Å². The minimum absolute atomic E-state index is 0.000942. The van der Waals surface area contributed by atoms with Gasteiger partial charge in [-0.1, -0.05) is 60.7 Å². The van der Waals surface area contributed by atoms with Gasteiger partial charge in [-0.2, -0.15) is 4.72 Å². The van der Waals surface area contributed by atoms with E-state index in [1.54, 1.807) is 24.3 Å². The molecule has 2 aromatic rings. The predicted octanol–water partition coefficient (Wildman–Crippen LogP) is 3.50. The number of amides is 1. The number of aliphatic hydroxyl groups is 1. The van der Waals surface area contributed by atoms with Crippen LogP contribution in [0, 0.1) is 0 Å². The number of β-amino-alcohol motifs (C(OH)–C–C–N with tert-alkyl or cyclic N) is 1. The zero-order valence-corrected chi connectivity index (χ0v) is 18.2. The molecule has 1 aliphatic heterocycles. The van der Waals surface area contributed by atoms with Gasteiger partial charge in [-0.15, -0.1) is 0 Å². The molecule has 5 N–H and O–H groups in total. The smallest absolute Gasteiger partial charge is 0.243 e. The van der Waals surface area contributed by atoms with Gasteiger partial charge in [0.25, 0.3) is 0 Å². The fourth-order valence-corrected chi connectivity index (χ4v) is 4.43. The number of nitrogens with zero attached hydrogens (tertiary/aromatic N) is 1. The first kappa shape index (κ1) is 23.1. The summed E-state index contributed by atoms with van der Waals surface area (Å²) in [4.78, 5) is 11.9. The molecular formula is C22H29N3O5S. The van der Waals surface area contributed by atoms with Crippen molar-refractivity contribution in [1.29, 1.82) is 0 Å². The highest BCUT2D eigenvalue weighted by atomic mass is 32.3. The minimum atomic E-state index is -3.37. The van der Waals surface area contributed by atoms with Crippen molar-refractivity contribution in [3.05, 3.63) is 65.7 Å². The van der Waals surface area contributed by atoms with Gasteiger partial charge in [-0.25, -0.2) is 0 Å². The van der Waals surface area contributed by atoms with Gasteiger partial charge >= 0.3 is 0 Å². The molecule has 31 heavy (non-hydrogen) atoms. The number of carbonyl (C=O) groups excluding carboxylic acids is 1. The van der Waals surface area contributed by atoms with Crippen LogP contribution >= 0.6 is 11.0 Å². The molecule has 9 heteroatoms. The molecule has 1 aliphatic rings. The summed E-state index contributed by atoms with van der Waals surface area (Å²) in [7, 11) is -3.37. The average molecular weight is 448 g/mol. The SMILES string of the molecule is CCCCNC(=O)/C=C/c1ccc(N2CC(O)NS2(O)O)c(OCc2ccccc2)c1. The highest BCUT2D eigenvalue weighted by molar-refractivity contribution is 8.24. The van der Waals surface area contributed by atoms with E-state index in [0.29, 0.717) is 18.0 Å². The van der Waals surface area contributed by atoms with Crippen LogP contribution in [0.5, 0.6) is 5.75 Å². The zero-order chi connectivity index (χ0) is 22.3. The Bertz CT molecular complexity index is 907. The Balaban J connectivity index is 1.82. The van der Waals surface area contributed by atoms with Crippen molar-refractivity contribution in [2.75, 3.05) is 17.4 Å². The fraction of sp³-hybridized carbons (Fsp3) is 0.318. The van der Waals surface area contributed by atoms with Crippen LogP contribution in [0.25, 0.3) is 6.08 Å². The molecule has 0 radical (unpaired) electrons. The molecule has 3 rings (SSSR count). The van der Waals surface area contributed by atoms with Gasteiger partial charge in [0.15, 0.2) is 0 Å². The van der Waals surface area contributed by atoms with Crippen LogP contribution in [0.4, 0.5) is 5.69 Å². The molecule has 1 heterocycles. The molecule has 1 fully saturated rings. The molecule has 1 atom stereocenters. The van der Waals surface area contributed by atoms with Gasteiger partial charge in [-0.3, -0.25) is 18.2 Å². The minimum Gasteiger partial charge on any atom is -0.487 e. The number of benzene rings is 2. The third-order valence-electron chi connectivity index (χ3n) is 4.69. The number of unbranched alkanes of at least 4 members (excludes halogenated alkanes) is 1. The van der Waals surface area contributed by atoms with Gasteiger partial charge in [0.1, 0.15) is 24.3 Å². The maximum Gasteiger partial charge on any atom is 0.243 e. The Labute approximate surface area is 184 Å². The van der Waals surface area contributed by atoms with E-state index < -0.39 is 17.2 Å². The molecule has 0 saturated carbocycles. The van der Waals surface area contributed by atoms with E-state index in [0.717, 1.165) is 24.0 Å². The quantitative estimate of drug-likeness (QED) is 0.295. The van der Waals surface area contributed by atoms with E-state index in [4.69, 9.17) is 4.74 Å². The van der Waals surface area contributed by atoms with Gasteiger partial charge in [-0.05, 0) is 35.8 Å². The maximum absolute atomic E-state index is 11.9. The maximum atomic E-state index is 11.9. The van der Waals surface area contributed by atoms with Crippen molar-refractivity contribution in [2.45, 2.75) is 32.6 Å².